The molecule has 0 saturated heterocycles. The number of hydrogen-bond acceptors (Lipinski definition) is 4. The Morgan fingerprint density at radius 2 is 2.36 bits per heavy atom. The predicted octanol–water partition coefficient (Wildman–Crippen LogP) is 0.788. The Morgan fingerprint density at radius 1 is 1.64 bits per heavy atom. The summed E-state index contributed by atoms with van der Waals surface area (Å²) in [4.78, 5) is 0.0941. The highest BCUT2D eigenvalue weighted by atomic mass is 32.1. The van der Waals surface area contributed by atoms with Crippen molar-refractivity contribution in [2.45, 2.75) is 6.43 Å². The maximum Gasteiger partial charge on any atom is 0.255 e. The van der Waals surface area contributed by atoms with Gasteiger partial charge in [0.1, 0.15) is 4.99 Å². The van der Waals surface area contributed by atoms with Crippen LogP contribution in [0.1, 0.15) is 5.56 Å². The highest BCUT2D eigenvalue weighted by molar-refractivity contribution is 7.80. The summed E-state index contributed by atoms with van der Waals surface area (Å²) in [6.45, 7) is -0.506. The maximum atomic E-state index is 11.9. The van der Waals surface area contributed by atoms with Gasteiger partial charge in [-0.2, -0.15) is 5.10 Å². The summed E-state index contributed by atoms with van der Waals surface area (Å²) in [6, 6.07) is 1.52. The molecule has 0 fully saturated rings. The molecule has 4 nitrogen and oxygen atoms in total. The molecule has 0 aliphatic rings. The number of anilines is 1. The quantitative estimate of drug-likeness (QED) is 0.731. The Hall–Kier alpha value is -1.37. The number of nitrogens with one attached hydrogen (secondary N) is 1. The number of hydrogen-bond donors (Lipinski definition) is 2. The molecule has 0 radical (unpaired) electrons. The van der Waals surface area contributed by atoms with Crippen molar-refractivity contribution in [2.75, 3.05) is 11.9 Å². The molecule has 0 aromatic carbocycles. The molecule has 0 unspecified atom stereocenters. The SMILES string of the molecule is NC(=S)c1ccnnc1NCC(F)F. The Labute approximate surface area is 84.5 Å². The zero-order chi connectivity index (χ0) is 10.6. The molecule has 7 heteroatoms. The summed E-state index contributed by atoms with van der Waals surface area (Å²) < 4.78 is 23.8. The summed E-state index contributed by atoms with van der Waals surface area (Å²) in [7, 11) is 0. The van der Waals surface area contributed by atoms with E-state index in [2.05, 4.69) is 15.5 Å². The molecule has 0 saturated carbocycles. The van der Waals surface area contributed by atoms with Crippen molar-refractivity contribution in [1.82, 2.24) is 10.2 Å². The van der Waals surface area contributed by atoms with Crippen LogP contribution < -0.4 is 11.1 Å². The van der Waals surface area contributed by atoms with Crippen LogP contribution in [-0.2, 0) is 0 Å². The molecular weight excluding hydrogens is 210 g/mol. The van der Waals surface area contributed by atoms with E-state index in [9.17, 15) is 8.78 Å². The average Bonchev–Trinajstić information content (AvgIpc) is 2.15. The van der Waals surface area contributed by atoms with Gasteiger partial charge in [-0.1, -0.05) is 12.2 Å². The first-order valence-corrected chi connectivity index (χ1v) is 4.15. The number of alkyl halides is 2. The minimum Gasteiger partial charge on any atom is -0.389 e. The van der Waals surface area contributed by atoms with E-state index in [1.165, 1.54) is 12.3 Å². The Kier molecular flexibility index (Phi) is 3.63. The molecule has 0 atom stereocenters. The number of nitrogens with zero attached hydrogens (tertiary/aromatic N) is 2. The normalized spacial score (nSPS) is 10.2. The lowest BCUT2D eigenvalue weighted by Crippen LogP contribution is -2.18. The van der Waals surface area contributed by atoms with E-state index in [-0.39, 0.29) is 10.8 Å². The van der Waals surface area contributed by atoms with Crippen LogP contribution in [0.25, 0.3) is 0 Å². The molecule has 14 heavy (non-hydrogen) atoms. The van der Waals surface area contributed by atoms with Gasteiger partial charge in [0, 0.05) is 0 Å². The minimum atomic E-state index is -2.46. The molecule has 0 bridgehead atoms. The van der Waals surface area contributed by atoms with Crippen LogP contribution in [-0.4, -0.2) is 28.2 Å². The molecule has 1 aromatic rings. The van der Waals surface area contributed by atoms with Crippen LogP contribution in [0.4, 0.5) is 14.6 Å². The van der Waals surface area contributed by atoms with Crippen LogP contribution in [0.5, 0.6) is 0 Å². The van der Waals surface area contributed by atoms with Crippen molar-refractivity contribution >= 4 is 23.0 Å². The second kappa shape index (κ2) is 4.75. The van der Waals surface area contributed by atoms with E-state index in [4.69, 9.17) is 18.0 Å². The predicted molar refractivity (Wildman–Crippen MR) is 52.4 cm³/mol. The maximum absolute atomic E-state index is 11.9. The third-order valence-corrected chi connectivity index (χ3v) is 1.63. The van der Waals surface area contributed by atoms with E-state index in [0.717, 1.165) is 0 Å². The number of aromatic nitrogens is 2. The molecule has 76 valence electrons. The number of thiocarbonyl (C=S) groups is 1. The van der Waals surface area contributed by atoms with Gasteiger partial charge in [0.15, 0.2) is 5.82 Å². The highest BCUT2D eigenvalue weighted by Crippen LogP contribution is 2.10. The third kappa shape index (κ3) is 2.84. The summed E-state index contributed by atoms with van der Waals surface area (Å²) in [5.41, 5.74) is 5.77. The summed E-state index contributed by atoms with van der Waals surface area (Å²) in [5, 5.41) is 9.55. The smallest absolute Gasteiger partial charge is 0.255 e. The highest BCUT2D eigenvalue weighted by Gasteiger charge is 2.08. The van der Waals surface area contributed by atoms with E-state index in [1.54, 1.807) is 0 Å². The first kappa shape index (κ1) is 10.7. The van der Waals surface area contributed by atoms with Crippen molar-refractivity contribution in [3.63, 3.8) is 0 Å². The number of halogens is 2. The largest absolute Gasteiger partial charge is 0.389 e. The standard InChI is InChI=1S/C7H8F2N4S/c8-5(9)3-11-7-4(6(10)14)1-2-12-13-7/h1-2,5H,3H2,(H2,10,14)(H,11,13). The van der Waals surface area contributed by atoms with E-state index < -0.39 is 13.0 Å². The van der Waals surface area contributed by atoms with E-state index >= 15 is 0 Å². The lowest BCUT2D eigenvalue weighted by Gasteiger charge is -2.07. The first-order chi connectivity index (χ1) is 6.61. The van der Waals surface area contributed by atoms with Crippen molar-refractivity contribution in [3.05, 3.63) is 17.8 Å². The van der Waals surface area contributed by atoms with E-state index in [1.807, 2.05) is 0 Å². The fourth-order valence-electron chi connectivity index (χ4n) is 0.835. The molecule has 1 rings (SSSR count). The first-order valence-electron chi connectivity index (χ1n) is 3.74. The number of rotatable bonds is 4. The summed E-state index contributed by atoms with van der Waals surface area (Å²) >= 11 is 4.71. The van der Waals surface area contributed by atoms with Crippen LogP contribution in [0.2, 0.25) is 0 Å². The summed E-state index contributed by atoms with van der Waals surface area (Å²) in [5.74, 6) is 0.181. The molecule has 0 aliphatic heterocycles. The van der Waals surface area contributed by atoms with Gasteiger partial charge in [0.25, 0.3) is 6.43 Å². The Morgan fingerprint density at radius 3 is 2.93 bits per heavy atom. The zero-order valence-corrected chi connectivity index (χ0v) is 7.89. The van der Waals surface area contributed by atoms with E-state index in [0.29, 0.717) is 5.56 Å². The monoisotopic (exact) mass is 218 g/mol. The average molecular weight is 218 g/mol. The fraction of sp³-hybridized carbons (Fsp3) is 0.286. The van der Waals surface area contributed by atoms with Gasteiger partial charge < -0.3 is 11.1 Å². The van der Waals surface area contributed by atoms with Gasteiger partial charge in [-0.3, -0.25) is 0 Å². The summed E-state index contributed by atoms with van der Waals surface area (Å²) in [6.07, 6.45) is -1.07. The van der Waals surface area contributed by atoms with Gasteiger partial charge >= 0.3 is 0 Å². The molecule has 0 amide bonds. The van der Waals surface area contributed by atoms with Crippen molar-refractivity contribution in [2.24, 2.45) is 5.73 Å². The number of nitrogens with two attached hydrogens (primary N) is 1. The fourth-order valence-corrected chi connectivity index (χ4v) is 1.000. The molecule has 3 N–H and O–H groups in total. The van der Waals surface area contributed by atoms with Gasteiger partial charge in [-0.25, -0.2) is 8.78 Å². The Bertz CT molecular complexity index is 331. The van der Waals surface area contributed by atoms with Crippen molar-refractivity contribution in [3.8, 4) is 0 Å². The third-order valence-electron chi connectivity index (χ3n) is 1.41. The van der Waals surface area contributed by atoms with Crippen molar-refractivity contribution < 1.29 is 8.78 Å². The molecule has 0 aliphatic carbocycles. The zero-order valence-electron chi connectivity index (χ0n) is 7.08. The van der Waals surface area contributed by atoms with Gasteiger partial charge in [-0.05, 0) is 6.07 Å². The lowest BCUT2D eigenvalue weighted by molar-refractivity contribution is 0.163. The van der Waals surface area contributed by atoms with Crippen LogP contribution in [0.15, 0.2) is 12.3 Å². The lowest BCUT2D eigenvalue weighted by atomic mass is 10.3. The van der Waals surface area contributed by atoms with Crippen molar-refractivity contribution in [1.29, 1.82) is 0 Å². The second-order valence-electron chi connectivity index (χ2n) is 2.43. The topological polar surface area (TPSA) is 63.8 Å². The van der Waals surface area contributed by atoms with Crippen LogP contribution >= 0.6 is 12.2 Å². The minimum absolute atomic E-state index is 0.0941. The van der Waals surface area contributed by atoms with Crippen LogP contribution in [0, 0.1) is 0 Å². The van der Waals surface area contributed by atoms with Crippen LogP contribution in [0.3, 0.4) is 0 Å². The molecular formula is C7H8F2N4S. The second-order valence-corrected chi connectivity index (χ2v) is 2.87. The molecule has 0 spiro atoms. The Balaban J connectivity index is 2.79. The molecule has 1 heterocycles. The van der Waals surface area contributed by atoms with Gasteiger partial charge in [0.2, 0.25) is 0 Å². The molecule has 1 aromatic heterocycles. The van der Waals surface area contributed by atoms with Gasteiger partial charge in [-0.15, -0.1) is 5.10 Å². The van der Waals surface area contributed by atoms with Gasteiger partial charge in [0.05, 0.1) is 18.3 Å².